The molecule has 218 valence electrons. The average molecular weight is 572 g/mol. The minimum Gasteiger partial charge on any atom is -0.444 e. The van der Waals surface area contributed by atoms with Gasteiger partial charge in [0.2, 0.25) is 11.8 Å². The third-order valence-electron chi connectivity index (χ3n) is 7.36. The number of piperazine rings is 1. The van der Waals surface area contributed by atoms with Crippen molar-refractivity contribution < 1.29 is 23.9 Å². The Kier molecular flexibility index (Phi) is 7.65. The number of nitrogens with zero attached hydrogens (tertiary/aromatic N) is 4. The smallest absolute Gasteiger partial charge is 0.410 e. The Morgan fingerprint density at radius 3 is 2.19 bits per heavy atom. The van der Waals surface area contributed by atoms with Crippen LogP contribution >= 0.6 is 0 Å². The largest absolute Gasteiger partial charge is 0.444 e. The molecule has 5 rings (SSSR count). The topological polar surface area (TPSA) is 123 Å². The molecule has 0 bridgehead atoms. The summed E-state index contributed by atoms with van der Waals surface area (Å²) in [5.41, 5.74) is 2.84. The zero-order valence-electron chi connectivity index (χ0n) is 24.1. The van der Waals surface area contributed by atoms with Crippen molar-refractivity contribution in [3.8, 4) is 23.0 Å². The number of amides is 4. The predicted molar refractivity (Wildman–Crippen MR) is 155 cm³/mol. The van der Waals surface area contributed by atoms with Crippen molar-refractivity contribution in [3.05, 3.63) is 58.5 Å². The maximum absolute atomic E-state index is 13.0. The molecule has 2 saturated heterocycles. The van der Waals surface area contributed by atoms with Crippen LogP contribution < -0.4 is 11.0 Å². The van der Waals surface area contributed by atoms with Gasteiger partial charge in [0.1, 0.15) is 11.6 Å². The number of ether oxygens (including phenoxy) is 1. The molecule has 3 heterocycles. The molecule has 1 aromatic heterocycles. The van der Waals surface area contributed by atoms with Crippen LogP contribution in [0.4, 0.5) is 4.79 Å². The number of imide groups is 1. The molecule has 0 aliphatic carbocycles. The summed E-state index contributed by atoms with van der Waals surface area (Å²) in [5, 5.41) is 2.32. The van der Waals surface area contributed by atoms with Crippen molar-refractivity contribution in [3.63, 3.8) is 0 Å². The van der Waals surface area contributed by atoms with Gasteiger partial charge in [-0.2, -0.15) is 0 Å². The van der Waals surface area contributed by atoms with E-state index in [1.807, 2.05) is 63.2 Å². The summed E-state index contributed by atoms with van der Waals surface area (Å²) >= 11 is 0. The minimum atomic E-state index is -0.737. The normalized spacial score (nSPS) is 17.5. The Balaban J connectivity index is 1.26. The number of benzene rings is 2. The van der Waals surface area contributed by atoms with Gasteiger partial charge in [-0.1, -0.05) is 24.1 Å². The number of aryl methyl sites for hydroxylation is 1. The van der Waals surface area contributed by atoms with Crippen LogP contribution in [0.3, 0.4) is 0 Å². The van der Waals surface area contributed by atoms with E-state index in [2.05, 4.69) is 17.2 Å². The lowest BCUT2D eigenvalue weighted by atomic mass is 10.0. The number of carbonyl (C=O) groups is 4. The monoisotopic (exact) mass is 571 g/mol. The Morgan fingerprint density at radius 1 is 0.905 bits per heavy atom. The first-order chi connectivity index (χ1) is 19.9. The Bertz CT molecular complexity index is 1690. The van der Waals surface area contributed by atoms with Crippen LogP contribution in [0.5, 0.6) is 0 Å². The Morgan fingerprint density at radius 2 is 1.55 bits per heavy atom. The molecule has 1 unspecified atom stereocenters. The van der Waals surface area contributed by atoms with E-state index in [1.54, 1.807) is 16.8 Å². The summed E-state index contributed by atoms with van der Waals surface area (Å²) in [5.74, 6) is 4.52. The van der Waals surface area contributed by atoms with E-state index in [4.69, 9.17) is 4.74 Å². The van der Waals surface area contributed by atoms with Gasteiger partial charge in [-0.05, 0) is 62.6 Å². The van der Waals surface area contributed by atoms with Gasteiger partial charge in [0.05, 0.1) is 11.0 Å². The van der Waals surface area contributed by atoms with Crippen molar-refractivity contribution in [1.82, 2.24) is 24.3 Å². The number of piperidine rings is 1. The summed E-state index contributed by atoms with van der Waals surface area (Å²) in [4.78, 5) is 65.2. The zero-order chi connectivity index (χ0) is 30.2. The summed E-state index contributed by atoms with van der Waals surface area (Å²) in [6.45, 7) is 7.02. The molecule has 11 heteroatoms. The molecule has 2 aromatic carbocycles. The Hall–Kier alpha value is -4.85. The molecule has 42 heavy (non-hydrogen) atoms. The lowest BCUT2D eigenvalue weighted by Gasteiger charge is -2.34. The highest BCUT2D eigenvalue weighted by atomic mass is 16.6. The van der Waals surface area contributed by atoms with Crippen molar-refractivity contribution in [2.45, 2.75) is 45.3 Å². The van der Waals surface area contributed by atoms with E-state index in [0.29, 0.717) is 42.8 Å². The number of rotatable bonds is 2. The molecule has 0 spiro atoms. The third kappa shape index (κ3) is 5.93. The summed E-state index contributed by atoms with van der Waals surface area (Å²) in [6, 6.07) is 12.3. The van der Waals surface area contributed by atoms with Crippen LogP contribution in [-0.4, -0.2) is 74.5 Å². The number of nitrogens with one attached hydrogen (secondary N) is 1. The quantitative estimate of drug-likeness (QED) is 0.372. The number of fused-ring (bicyclic) bond motifs is 1. The second kappa shape index (κ2) is 11.2. The number of imidazole rings is 1. The molecular formula is C31H33N5O6. The van der Waals surface area contributed by atoms with E-state index < -0.39 is 17.6 Å². The van der Waals surface area contributed by atoms with E-state index in [0.717, 1.165) is 11.1 Å². The van der Waals surface area contributed by atoms with Crippen LogP contribution in [0.15, 0.2) is 47.3 Å². The van der Waals surface area contributed by atoms with Crippen molar-refractivity contribution in [1.29, 1.82) is 0 Å². The molecule has 1 atom stereocenters. The molecule has 0 saturated carbocycles. The summed E-state index contributed by atoms with van der Waals surface area (Å²) < 4.78 is 8.35. The van der Waals surface area contributed by atoms with Gasteiger partial charge in [0, 0.05) is 51.1 Å². The maximum atomic E-state index is 13.0. The van der Waals surface area contributed by atoms with Crippen LogP contribution in [-0.2, 0) is 26.2 Å². The van der Waals surface area contributed by atoms with Gasteiger partial charge in [-0.25, -0.2) is 9.59 Å². The molecule has 2 aliphatic rings. The average Bonchev–Trinajstić information content (AvgIpc) is 3.20. The Labute approximate surface area is 243 Å². The maximum Gasteiger partial charge on any atom is 0.410 e. The molecular weight excluding hydrogens is 538 g/mol. The minimum absolute atomic E-state index is 0.183. The fourth-order valence-electron chi connectivity index (χ4n) is 5.14. The molecule has 1 N–H and O–H groups in total. The van der Waals surface area contributed by atoms with E-state index >= 15 is 0 Å². The molecule has 11 nitrogen and oxygen atoms in total. The number of carbonyl (C=O) groups excluding carboxylic acids is 4. The SMILES string of the molecule is Cn1c(=O)n(C2CCC(=O)NC2=O)c2ccc(-c3ccc(C#CC(=O)N4CCN(C(=O)OC(C)(C)C)CC4)cc3)cc21. The number of hydrogen-bond acceptors (Lipinski definition) is 6. The van der Waals surface area contributed by atoms with Crippen LogP contribution in [0, 0.1) is 11.8 Å². The highest BCUT2D eigenvalue weighted by Gasteiger charge is 2.31. The number of hydrogen-bond donors (Lipinski definition) is 1. The molecule has 3 aromatic rings. The molecule has 2 fully saturated rings. The first-order valence-corrected chi connectivity index (χ1v) is 13.9. The van der Waals surface area contributed by atoms with Gasteiger partial charge in [0.15, 0.2) is 0 Å². The van der Waals surface area contributed by atoms with Crippen molar-refractivity contribution in [2.24, 2.45) is 7.05 Å². The lowest BCUT2D eigenvalue weighted by molar-refractivity contribution is -0.135. The highest BCUT2D eigenvalue weighted by molar-refractivity contribution is 6.00. The van der Waals surface area contributed by atoms with Crippen LogP contribution in [0.25, 0.3) is 22.2 Å². The van der Waals surface area contributed by atoms with Crippen molar-refractivity contribution in [2.75, 3.05) is 26.2 Å². The number of aromatic nitrogens is 2. The fraction of sp³-hybridized carbons (Fsp3) is 0.387. The van der Waals surface area contributed by atoms with Gasteiger partial charge < -0.3 is 14.5 Å². The first kappa shape index (κ1) is 28.7. The van der Waals surface area contributed by atoms with Gasteiger partial charge in [-0.15, -0.1) is 0 Å². The summed E-state index contributed by atoms with van der Waals surface area (Å²) in [6.07, 6.45) is 0.0794. The molecule has 4 amide bonds. The molecule has 0 radical (unpaired) electrons. The fourth-order valence-corrected chi connectivity index (χ4v) is 5.14. The van der Waals surface area contributed by atoms with Gasteiger partial charge in [0.25, 0.3) is 5.91 Å². The first-order valence-electron chi connectivity index (χ1n) is 13.9. The van der Waals surface area contributed by atoms with Crippen LogP contribution in [0.1, 0.15) is 45.2 Å². The second-order valence-electron chi connectivity index (χ2n) is 11.5. The second-order valence-corrected chi connectivity index (χ2v) is 11.5. The standard InChI is InChI=1S/C31H33N5O6/c1-31(2,3)42-30(41)35-17-15-34(16-18-35)27(38)14-7-20-5-8-21(9-6-20)22-10-11-23-25(19-22)33(4)29(40)36(23)24-12-13-26(37)32-28(24)39/h5-6,8-11,19,24H,12-13,15-18H2,1-4H3,(H,32,37,39). The van der Waals surface area contributed by atoms with Crippen LogP contribution in [0.2, 0.25) is 0 Å². The van der Waals surface area contributed by atoms with E-state index in [-0.39, 0.29) is 36.4 Å². The third-order valence-corrected chi connectivity index (χ3v) is 7.36. The zero-order valence-corrected chi connectivity index (χ0v) is 24.1. The van der Waals surface area contributed by atoms with Gasteiger partial charge >= 0.3 is 11.8 Å². The highest BCUT2D eigenvalue weighted by Crippen LogP contribution is 2.27. The van der Waals surface area contributed by atoms with Gasteiger partial charge in [-0.3, -0.25) is 28.8 Å². The van der Waals surface area contributed by atoms with E-state index in [9.17, 15) is 24.0 Å². The lowest BCUT2D eigenvalue weighted by Crippen LogP contribution is -2.51. The molecule has 2 aliphatic heterocycles. The predicted octanol–water partition coefficient (Wildman–Crippen LogP) is 2.42. The van der Waals surface area contributed by atoms with E-state index in [1.165, 1.54) is 9.13 Å². The van der Waals surface area contributed by atoms with Crippen molar-refractivity contribution >= 4 is 34.8 Å². The summed E-state index contributed by atoms with van der Waals surface area (Å²) in [7, 11) is 1.66.